The summed E-state index contributed by atoms with van der Waals surface area (Å²) in [6.07, 6.45) is 4.50. The maximum Gasteiger partial charge on any atom is 0.225 e. The summed E-state index contributed by atoms with van der Waals surface area (Å²) in [6.45, 7) is 7.34. The molecule has 1 fully saturated rings. The molecule has 1 aromatic carbocycles. The van der Waals surface area contributed by atoms with Gasteiger partial charge >= 0.3 is 0 Å². The van der Waals surface area contributed by atoms with Crippen LogP contribution in [0.4, 0.5) is 5.95 Å². The highest BCUT2D eigenvalue weighted by molar-refractivity contribution is 5.80. The fourth-order valence-corrected chi connectivity index (χ4v) is 3.08. The van der Waals surface area contributed by atoms with Crippen LogP contribution in [0.1, 0.15) is 12.5 Å². The minimum Gasteiger partial charge on any atom is -0.497 e. The Kier molecular flexibility index (Phi) is 6.84. The Bertz CT molecular complexity index is 711. The molecule has 144 valence electrons. The van der Waals surface area contributed by atoms with Gasteiger partial charge in [-0.3, -0.25) is 4.99 Å². The highest BCUT2D eigenvalue weighted by atomic mass is 16.5. The van der Waals surface area contributed by atoms with Gasteiger partial charge in [-0.05, 0) is 37.1 Å². The molecule has 7 nitrogen and oxygen atoms in total. The summed E-state index contributed by atoms with van der Waals surface area (Å²) in [5.41, 5.74) is 1.27. The summed E-state index contributed by atoms with van der Waals surface area (Å²) in [5.74, 6) is 2.68. The maximum absolute atomic E-state index is 5.21. The standard InChI is InChI=1S/C20H28N6O/c1-3-21-19(24-12-9-17-5-7-18(27-2)8-6-17)25-13-15-26(16-14-25)20-22-10-4-11-23-20/h4-8,10-11H,3,9,12-16H2,1-2H3,(H,21,24). The third-order valence-electron chi connectivity index (χ3n) is 4.57. The molecule has 0 bridgehead atoms. The third-order valence-corrected chi connectivity index (χ3v) is 4.57. The van der Waals surface area contributed by atoms with Crippen molar-refractivity contribution < 1.29 is 4.74 Å². The molecule has 0 unspecified atom stereocenters. The molecule has 1 aliphatic heterocycles. The van der Waals surface area contributed by atoms with Gasteiger partial charge < -0.3 is 19.9 Å². The third kappa shape index (κ3) is 5.32. The molecule has 0 saturated carbocycles. The molecule has 2 heterocycles. The van der Waals surface area contributed by atoms with Crippen molar-refractivity contribution >= 4 is 11.9 Å². The summed E-state index contributed by atoms with van der Waals surface area (Å²) in [5, 5.41) is 3.42. The molecule has 0 radical (unpaired) electrons. The van der Waals surface area contributed by atoms with Crippen LogP contribution < -0.4 is 15.0 Å². The first-order valence-electron chi connectivity index (χ1n) is 9.48. The van der Waals surface area contributed by atoms with Gasteiger partial charge in [0.1, 0.15) is 5.75 Å². The van der Waals surface area contributed by atoms with Gasteiger partial charge in [0.15, 0.2) is 5.96 Å². The van der Waals surface area contributed by atoms with Crippen molar-refractivity contribution in [2.45, 2.75) is 13.3 Å². The lowest BCUT2D eigenvalue weighted by Crippen LogP contribution is -2.53. The van der Waals surface area contributed by atoms with Crippen LogP contribution in [0, 0.1) is 0 Å². The summed E-state index contributed by atoms with van der Waals surface area (Å²) in [4.78, 5) is 18.1. The SMILES string of the molecule is CCNC(=NCCc1ccc(OC)cc1)N1CCN(c2ncccn2)CC1. The zero-order valence-corrected chi connectivity index (χ0v) is 16.1. The fourth-order valence-electron chi connectivity index (χ4n) is 3.08. The number of aromatic nitrogens is 2. The first-order valence-corrected chi connectivity index (χ1v) is 9.48. The molecule has 0 amide bonds. The highest BCUT2D eigenvalue weighted by Crippen LogP contribution is 2.12. The number of ether oxygens (including phenoxy) is 1. The number of nitrogens with one attached hydrogen (secondary N) is 1. The summed E-state index contributed by atoms with van der Waals surface area (Å²) < 4.78 is 5.21. The Morgan fingerprint density at radius 1 is 1.11 bits per heavy atom. The zero-order valence-electron chi connectivity index (χ0n) is 16.1. The van der Waals surface area contributed by atoms with Crippen molar-refractivity contribution in [3.63, 3.8) is 0 Å². The topological polar surface area (TPSA) is 65.9 Å². The minimum atomic E-state index is 0.761. The van der Waals surface area contributed by atoms with Gasteiger partial charge in [-0.2, -0.15) is 0 Å². The molecule has 1 aliphatic rings. The van der Waals surface area contributed by atoms with E-state index >= 15 is 0 Å². The molecule has 7 heteroatoms. The van der Waals surface area contributed by atoms with Crippen LogP contribution in [0.2, 0.25) is 0 Å². The van der Waals surface area contributed by atoms with E-state index in [4.69, 9.17) is 9.73 Å². The van der Waals surface area contributed by atoms with Gasteiger partial charge in [-0.1, -0.05) is 12.1 Å². The van der Waals surface area contributed by atoms with E-state index in [9.17, 15) is 0 Å². The molecule has 1 saturated heterocycles. The number of methoxy groups -OCH3 is 1. The molecule has 27 heavy (non-hydrogen) atoms. The predicted octanol–water partition coefficient (Wildman–Crippen LogP) is 1.82. The fraction of sp³-hybridized carbons (Fsp3) is 0.450. The van der Waals surface area contributed by atoms with Crippen molar-refractivity contribution in [1.82, 2.24) is 20.2 Å². The molecule has 0 aliphatic carbocycles. The molecular formula is C20H28N6O. The van der Waals surface area contributed by atoms with Gasteiger partial charge in [0.25, 0.3) is 0 Å². The lowest BCUT2D eigenvalue weighted by atomic mass is 10.1. The van der Waals surface area contributed by atoms with Crippen molar-refractivity contribution in [2.75, 3.05) is 51.3 Å². The van der Waals surface area contributed by atoms with E-state index in [-0.39, 0.29) is 0 Å². The van der Waals surface area contributed by atoms with E-state index < -0.39 is 0 Å². The van der Waals surface area contributed by atoms with Gasteiger partial charge in [0.2, 0.25) is 5.95 Å². The van der Waals surface area contributed by atoms with Crippen molar-refractivity contribution in [3.05, 3.63) is 48.3 Å². The second kappa shape index (κ2) is 9.75. The molecule has 1 N–H and O–H groups in total. The first-order chi connectivity index (χ1) is 13.3. The van der Waals surface area contributed by atoms with E-state index in [1.54, 1.807) is 19.5 Å². The van der Waals surface area contributed by atoms with E-state index in [1.807, 2.05) is 18.2 Å². The number of aliphatic imine (C=N–C) groups is 1. The van der Waals surface area contributed by atoms with Crippen molar-refractivity contribution in [3.8, 4) is 5.75 Å². The molecule has 1 aromatic heterocycles. The largest absolute Gasteiger partial charge is 0.497 e. The number of benzene rings is 1. The number of anilines is 1. The van der Waals surface area contributed by atoms with Crippen LogP contribution in [0.5, 0.6) is 5.75 Å². The van der Waals surface area contributed by atoms with E-state index in [2.05, 4.69) is 44.1 Å². The van der Waals surface area contributed by atoms with Crippen LogP contribution in [-0.2, 0) is 6.42 Å². The Balaban J connectivity index is 1.54. The lowest BCUT2D eigenvalue weighted by Gasteiger charge is -2.36. The van der Waals surface area contributed by atoms with E-state index in [0.29, 0.717) is 0 Å². The molecule has 3 rings (SSSR count). The van der Waals surface area contributed by atoms with Gasteiger partial charge in [-0.15, -0.1) is 0 Å². The summed E-state index contributed by atoms with van der Waals surface area (Å²) in [7, 11) is 1.69. The number of hydrogen-bond donors (Lipinski definition) is 1. The zero-order chi connectivity index (χ0) is 18.9. The second-order valence-corrected chi connectivity index (χ2v) is 6.36. The Morgan fingerprint density at radius 2 is 1.81 bits per heavy atom. The smallest absolute Gasteiger partial charge is 0.225 e. The number of guanidine groups is 1. The Labute approximate surface area is 161 Å². The second-order valence-electron chi connectivity index (χ2n) is 6.36. The number of rotatable bonds is 6. The number of hydrogen-bond acceptors (Lipinski definition) is 5. The normalized spacial score (nSPS) is 15.0. The van der Waals surface area contributed by atoms with Gasteiger partial charge in [0, 0.05) is 51.7 Å². The van der Waals surface area contributed by atoms with Crippen LogP contribution in [0.25, 0.3) is 0 Å². The minimum absolute atomic E-state index is 0.761. The van der Waals surface area contributed by atoms with Crippen LogP contribution in [0.3, 0.4) is 0 Å². The highest BCUT2D eigenvalue weighted by Gasteiger charge is 2.20. The molecule has 0 atom stereocenters. The van der Waals surface area contributed by atoms with Gasteiger partial charge in [0.05, 0.1) is 7.11 Å². The first kappa shape index (κ1) is 18.9. The van der Waals surface area contributed by atoms with Crippen molar-refractivity contribution in [1.29, 1.82) is 0 Å². The molecular weight excluding hydrogens is 340 g/mol. The summed E-state index contributed by atoms with van der Waals surface area (Å²) >= 11 is 0. The maximum atomic E-state index is 5.21. The average Bonchev–Trinajstić information content (AvgIpc) is 2.74. The lowest BCUT2D eigenvalue weighted by molar-refractivity contribution is 0.370. The average molecular weight is 368 g/mol. The number of piperazine rings is 1. The van der Waals surface area contributed by atoms with E-state index in [0.717, 1.165) is 63.3 Å². The number of nitrogens with zero attached hydrogens (tertiary/aromatic N) is 5. The Morgan fingerprint density at radius 3 is 2.44 bits per heavy atom. The van der Waals surface area contributed by atoms with E-state index in [1.165, 1.54) is 5.56 Å². The van der Waals surface area contributed by atoms with Crippen LogP contribution >= 0.6 is 0 Å². The Hall–Kier alpha value is -2.83. The van der Waals surface area contributed by atoms with Crippen molar-refractivity contribution in [2.24, 2.45) is 4.99 Å². The van der Waals surface area contributed by atoms with Crippen LogP contribution in [0.15, 0.2) is 47.7 Å². The van der Waals surface area contributed by atoms with Crippen LogP contribution in [-0.4, -0.2) is 67.2 Å². The summed E-state index contributed by atoms with van der Waals surface area (Å²) in [6, 6.07) is 10.0. The quantitative estimate of drug-likeness (QED) is 0.620. The van der Waals surface area contributed by atoms with Gasteiger partial charge in [-0.25, -0.2) is 9.97 Å². The molecule has 0 spiro atoms. The monoisotopic (exact) mass is 368 g/mol. The molecule has 2 aromatic rings. The predicted molar refractivity (Wildman–Crippen MR) is 108 cm³/mol.